The van der Waals surface area contributed by atoms with Crippen LogP contribution in [0.4, 0.5) is 15.9 Å². The van der Waals surface area contributed by atoms with E-state index in [1.807, 2.05) is 25.1 Å². The SMILES string of the molecule is CN(C)c1ccc(NC(=O)c2nn(-c3ccccc3F)c3c2CCC3)cn1. The number of para-hydroxylation sites is 1. The molecular weight excluding hydrogens is 345 g/mol. The fourth-order valence-electron chi connectivity index (χ4n) is 3.36. The number of nitrogens with zero attached hydrogens (tertiary/aromatic N) is 4. The van der Waals surface area contributed by atoms with Gasteiger partial charge in [0.2, 0.25) is 0 Å². The van der Waals surface area contributed by atoms with Gasteiger partial charge in [0.1, 0.15) is 17.3 Å². The molecule has 0 saturated carbocycles. The van der Waals surface area contributed by atoms with Gasteiger partial charge in [0.25, 0.3) is 5.91 Å². The zero-order valence-electron chi connectivity index (χ0n) is 15.2. The second kappa shape index (κ2) is 6.83. The molecule has 0 atom stereocenters. The molecular formula is C20H20FN5O. The van der Waals surface area contributed by atoms with Crippen molar-refractivity contribution >= 4 is 17.4 Å². The molecule has 3 aromatic rings. The zero-order chi connectivity index (χ0) is 19.0. The Hall–Kier alpha value is -3.22. The van der Waals surface area contributed by atoms with Crippen LogP contribution in [0.3, 0.4) is 0 Å². The van der Waals surface area contributed by atoms with E-state index in [0.29, 0.717) is 17.1 Å². The smallest absolute Gasteiger partial charge is 0.276 e. The molecule has 1 amide bonds. The van der Waals surface area contributed by atoms with Gasteiger partial charge >= 0.3 is 0 Å². The van der Waals surface area contributed by atoms with Crippen molar-refractivity contribution in [2.75, 3.05) is 24.3 Å². The molecule has 0 spiro atoms. The highest BCUT2D eigenvalue weighted by atomic mass is 19.1. The van der Waals surface area contributed by atoms with E-state index >= 15 is 0 Å². The number of hydrogen-bond donors (Lipinski definition) is 1. The first-order valence-corrected chi connectivity index (χ1v) is 8.85. The van der Waals surface area contributed by atoms with E-state index in [9.17, 15) is 9.18 Å². The fraction of sp³-hybridized carbons (Fsp3) is 0.250. The van der Waals surface area contributed by atoms with Crippen molar-refractivity contribution in [2.24, 2.45) is 0 Å². The van der Waals surface area contributed by atoms with Crippen LogP contribution in [0.2, 0.25) is 0 Å². The minimum atomic E-state index is -0.356. The number of benzene rings is 1. The predicted molar refractivity (Wildman–Crippen MR) is 102 cm³/mol. The molecule has 1 aromatic carbocycles. The summed E-state index contributed by atoms with van der Waals surface area (Å²) in [6, 6.07) is 10.1. The van der Waals surface area contributed by atoms with Gasteiger partial charge in [-0.15, -0.1) is 0 Å². The highest BCUT2D eigenvalue weighted by Gasteiger charge is 2.27. The van der Waals surface area contributed by atoms with Crippen LogP contribution in [0.25, 0.3) is 5.69 Å². The molecule has 7 heteroatoms. The lowest BCUT2D eigenvalue weighted by Crippen LogP contribution is -2.16. The number of anilines is 2. The molecule has 138 valence electrons. The second-order valence-corrected chi connectivity index (χ2v) is 6.74. The maximum Gasteiger partial charge on any atom is 0.276 e. The van der Waals surface area contributed by atoms with Crippen molar-refractivity contribution in [3.05, 3.63) is 65.4 Å². The van der Waals surface area contributed by atoms with Gasteiger partial charge in [-0.2, -0.15) is 5.10 Å². The standard InChI is InChI=1S/C20H20FN5O/c1-25(2)18-11-10-13(12-22-18)23-20(27)19-14-6-5-9-16(14)26(24-19)17-8-4-3-7-15(17)21/h3-4,7-8,10-12H,5-6,9H2,1-2H3,(H,23,27). The molecule has 2 heterocycles. The fourth-order valence-corrected chi connectivity index (χ4v) is 3.36. The number of pyridine rings is 1. The zero-order valence-corrected chi connectivity index (χ0v) is 15.2. The van der Waals surface area contributed by atoms with Crippen LogP contribution < -0.4 is 10.2 Å². The maximum absolute atomic E-state index is 14.2. The largest absolute Gasteiger partial charge is 0.363 e. The number of amides is 1. The summed E-state index contributed by atoms with van der Waals surface area (Å²) in [5.41, 5.74) is 3.12. The number of carbonyl (C=O) groups excluding carboxylic acids is 1. The first-order chi connectivity index (χ1) is 13.0. The molecule has 1 N–H and O–H groups in total. The molecule has 0 unspecified atom stereocenters. The molecule has 2 aromatic heterocycles. The Morgan fingerprint density at radius 1 is 1.19 bits per heavy atom. The van der Waals surface area contributed by atoms with Crippen LogP contribution >= 0.6 is 0 Å². The van der Waals surface area contributed by atoms with Gasteiger partial charge in [-0.05, 0) is 43.5 Å². The molecule has 0 fully saturated rings. The van der Waals surface area contributed by atoms with E-state index in [1.54, 1.807) is 35.1 Å². The van der Waals surface area contributed by atoms with Crippen LogP contribution in [-0.4, -0.2) is 34.8 Å². The first kappa shape index (κ1) is 17.2. The van der Waals surface area contributed by atoms with Gasteiger partial charge in [0.05, 0.1) is 11.9 Å². The summed E-state index contributed by atoms with van der Waals surface area (Å²) in [6.45, 7) is 0. The average molecular weight is 365 g/mol. The molecule has 4 rings (SSSR count). The third kappa shape index (κ3) is 3.16. The van der Waals surface area contributed by atoms with Crippen LogP contribution in [0, 0.1) is 5.82 Å². The summed E-state index contributed by atoms with van der Waals surface area (Å²) in [5, 5.41) is 7.28. The van der Waals surface area contributed by atoms with E-state index in [4.69, 9.17) is 0 Å². The third-order valence-corrected chi connectivity index (χ3v) is 4.69. The molecule has 0 bridgehead atoms. The van der Waals surface area contributed by atoms with Crippen molar-refractivity contribution in [2.45, 2.75) is 19.3 Å². The number of aromatic nitrogens is 3. The van der Waals surface area contributed by atoms with E-state index in [0.717, 1.165) is 36.3 Å². The molecule has 0 saturated heterocycles. The summed E-state index contributed by atoms with van der Waals surface area (Å²) in [5.74, 6) is 0.144. The number of rotatable bonds is 4. The summed E-state index contributed by atoms with van der Waals surface area (Å²) in [6.07, 6.45) is 4.09. The molecule has 0 aliphatic heterocycles. The summed E-state index contributed by atoms with van der Waals surface area (Å²) < 4.78 is 15.8. The Bertz CT molecular complexity index is 994. The number of hydrogen-bond acceptors (Lipinski definition) is 4. The van der Waals surface area contributed by atoms with Gasteiger partial charge in [-0.3, -0.25) is 4.79 Å². The van der Waals surface area contributed by atoms with E-state index in [2.05, 4.69) is 15.4 Å². The minimum absolute atomic E-state index is 0.303. The third-order valence-electron chi connectivity index (χ3n) is 4.69. The second-order valence-electron chi connectivity index (χ2n) is 6.74. The Morgan fingerprint density at radius 3 is 2.70 bits per heavy atom. The quantitative estimate of drug-likeness (QED) is 0.771. The Labute approximate surface area is 156 Å². The summed E-state index contributed by atoms with van der Waals surface area (Å²) in [7, 11) is 3.80. The lowest BCUT2D eigenvalue weighted by Gasteiger charge is -2.11. The van der Waals surface area contributed by atoms with Gasteiger partial charge in [0.15, 0.2) is 5.69 Å². The number of halogens is 1. The molecule has 1 aliphatic rings. The van der Waals surface area contributed by atoms with Crippen molar-refractivity contribution in [1.29, 1.82) is 0 Å². The van der Waals surface area contributed by atoms with Gasteiger partial charge in [0, 0.05) is 25.4 Å². The summed E-state index contributed by atoms with van der Waals surface area (Å²) in [4.78, 5) is 19.0. The van der Waals surface area contributed by atoms with Crippen LogP contribution in [0.5, 0.6) is 0 Å². The van der Waals surface area contributed by atoms with Crippen molar-refractivity contribution in [1.82, 2.24) is 14.8 Å². The molecule has 0 radical (unpaired) electrons. The normalized spacial score (nSPS) is 12.7. The lowest BCUT2D eigenvalue weighted by atomic mass is 10.2. The highest BCUT2D eigenvalue weighted by Crippen LogP contribution is 2.29. The average Bonchev–Trinajstić information content (AvgIpc) is 3.25. The molecule has 6 nitrogen and oxygen atoms in total. The molecule has 27 heavy (non-hydrogen) atoms. The number of carbonyl (C=O) groups is 1. The van der Waals surface area contributed by atoms with Gasteiger partial charge in [-0.1, -0.05) is 12.1 Å². The van der Waals surface area contributed by atoms with E-state index < -0.39 is 0 Å². The number of nitrogens with one attached hydrogen (secondary N) is 1. The van der Waals surface area contributed by atoms with Crippen LogP contribution in [0.1, 0.15) is 28.2 Å². The van der Waals surface area contributed by atoms with Crippen LogP contribution in [-0.2, 0) is 12.8 Å². The van der Waals surface area contributed by atoms with Gasteiger partial charge in [-0.25, -0.2) is 14.1 Å². The maximum atomic E-state index is 14.2. The minimum Gasteiger partial charge on any atom is -0.363 e. The lowest BCUT2D eigenvalue weighted by molar-refractivity contribution is 0.102. The van der Waals surface area contributed by atoms with Crippen molar-refractivity contribution < 1.29 is 9.18 Å². The summed E-state index contributed by atoms with van der Waals surface area (Å²) >= 11 is 0. The van der Waals surface area contributed by atoms with Crippen molar-refractivity contribution in [3.63, 3.8) is 0 Å². The monoisotopic (exact) mass is 365 g/mol. The first-order valence-electron chi connectivity index (χ1n) is 8.85. The van der Waals surface area contributed by atoms with Crippen LogP contribution in [0.15, 0.2) is 42.6 Å². The highest BCUT2D eigenvalue weighted by molar-refractivity contribution is 6.04. The Morgan fingerprint density at radius 2 is 2.00 bits per heavy atom. The number of fused-ring (bicyclic) bond motifs is 1. The van der Waals surface area contributed by atoms with E-state index in [-0.39, 0.29) is 11.7 Å². The van der Waals surface area contributed by atoms with Gasteiger partial charge < -0.3 is 10.2 Å². The Kier molecular flexibility index (Phi) is 4.35. The van der Waals surface area contributed by atoms with Crippen molar-refractivity contribution in [3.8, 4) is 5.69 Å². The molecule has 1 aliphatic carbocycles. The topological polar surface area (TPSA) is 63.1 Å². The predicted octanol–water partition coefficient (Wildman–Crippen LogP) is 3.21. The van der Waals surface area contributed by atoms with E-state index in [1.165, 1.54) is 6.07 Å². The Balaban J connectivity index is 1.65.